The predicted octanol–water partition coefficient (Wildman–Crippen LogP) is 3.13. The lowest BCUT2D eigenvalue weighted by atomic mass is 9.76. The molecule has 0 saturated carbocycles. The molecule has 3 heteroatoms. The van der Waals surface area contributed by atoms with Gasteiger partial charge < -0.3 is 14.9 Å². The van der Waals surface area contributed by atoms with Crippen molar-refractivity contribution in [2.75, 3.05) is 6.61 Å². The van der Waals surface area contributed by atoms with Crippen LogP contribution in [0.25, 0.3) is 0 Å². The fraction of sp³-hybridized carbons (Fsp3) is 1.00. The van der Waals surface area contributed by atoms with Crippen molar-refractivity contribution in [1.82, 2.24) is 0 Å². The van der Waals surface area contributed by atoms with Gasteiger partial charge in [0.05, 0.1) is 24.4 Å². The zero-order chi connectivity index (χ0) is 14.4. The average molecular weight is 260 g/mol. The van der Waals surface area contributed by atoms with Crippen LogP contribution in [0.2, 0.25) is 0 Å². The van der Waals surface area contributed by atoms with Gasteiger partial charge in [-0.1, -0.05) is 34.1 Å². The molecule has 3 atom stereocenters. The Morgan fingerprint density at radius 2 is 1.72 bits per heavy atom. The number of hydrogen-bond donors (Lipinski definition) is 2. The molecule has 0 fully saturated rings. The molecule has 0 aromatic rings. The zero-order valence-corrected chi connectivity index (χ0v) is 13.0. The first-order valence-electron chi connectivity index (χ1n) is 7.17. The molecule has 0 aliphatic heterocycles. The van der Waals surface area contributed by atoms with Crippen LogP contribution in [0.1, 0.15) is 67.2 Å². The van der Waals surface area contributed by atoms with E-state index in [0.29, 0.717) is 0 Å². The van der Waals surface area contributed by atoms with E-state index in [1.165, 1.54) is 0 Å². The van der Waals surface area contributed by atoms with Gasteiger partial charge in [0.2, 0.25) is 0 Å². The van der Waals surface area contributed by atoms with Crippen LogP contribution < -0.4 is 0 Å². The van der Waals surface area contributed by atoms with Crippen LogP contribution in [-0.4, -0.2) is 34.6 Å². The third kappa shape index (κ3) is 5.68. The van der Waals surface area contributed by atoms with E-state index in [2.05, 4.69) is 27.7 Å². The summed E-state index contributed by atoms with van der Waals surface area (Å²) in [5.41, 5.74) is -0.584. The van der Waals surface area contributed by atoms with Crippen molar-refractivity contribution < 1.29 is 14.9 Å². The highest BCUT2D eigenvalue weighted by atomic mass is 16.5. The van der Waals surface area contributed by atoms with E-state index in [9.17, 15) is 5.11 Å². The first kappa shape index (κ1) is 17.9. The summed E-state index contributed by atoms with van der Waals surface area (Å²) in [5.74, 6) is 0. The highest BCUT2D eigenvalue weighted by Gasteiger charge is 2.37. The van der Waals surface area contributed by atoms with Gasteiger partial charge in [-0.05, 0) is 38.5 Å². The Balaban J connectivity index is 4.64. The van der Waals surface area contributed by atoms with Crippen molar-refractivity contribution in [3.05, 3.63) is 0 Å². The van der Waals surface area contributed by atoms with Gasteiger partial charge in [0, 0.05) is 0 Å². The van der Waals surface area contributed by atoms with E-state index in [-0.39, 0.29) is 23.7 Å². The molecule has 0 aliphatic rings. The number of rotatable bonds is 9. The molecule has 0 bridgehead atoms. The van der Waals surface area contributed by atoms with Crippen LogP contribution in [0, 0.1) is 5.41 Å². The molecule has 0 saturated heterocycles. The second kappa shape index (κ2) is 7.46. The second-order valence-corrected chi connectivity index (χ2v) is 6.38. The fourth-order valence-electron chi connectivity index (χ4n) is 2.53. The van der Waals surface area contributed by atoms with Crippen molar-refractivity contribution in [2.45, 2.75) is 85.0 Å². The molecule has 0 spiro atoms. The molecule has 110 valence electrons. The maximum Gasteiger partial charge on any atom is 0.0822 e. The summed E-state index contributed by atoms with van der Waals surface area (Å²) >= 11 is 0. The van der Waals surface area contributed by atoms with Crippen LogP contribution in [0.5, 0.6) is 0 Å². The molecule has 0 amide bonds. The van der Waals surface area contributed by atoms with Gasteiger partial charge in [0.25, 0.3) is 0 Å². The zero-order valence-electron chi connectivity index (χ0n) is 13.0. The summed E-state index contributed by atoms with van der Waals surface area (Å²) in [5, 5.41) is 19.0. The molecular weight excluding hydrogens is 228 g/mol. The van der Waals surface area contributed by atoms with Crippen LogP contribution in [0.15, 0.2) is 0 Å². The largest absolute Gasteiger partial charge is 0.394 e. The van der Waals surface area contributed by atoms with E-state index >= 15 is 0 Å². The topological polar surface area (TPSA) is 49.7 Å². The van der Waals surface area contributed by atoms with Crippen LogP contribution in [-0.2, 0) is 4.74 Å². The first-order chi connectivity index (χ1) is 8.20. The normalized spacial score (nSPS) is 19.3. The van der Waals surface area contributed by atoms with Crippen molar-refractivity contribution in [3.8, 4) is 0 Å². The Bertz CT molecular complexity index is 228. The fourth-order valence-corrected chi connectivity index (χ4v) is 2.53. The summed E-state index contributed by atoms with van der Waals surface area (Å²) in [6.45, 7) is 12.2. The van der Waals surface area contributed by atoms with Crippen LogP contribution in [0.4, 0.5) is 0 Å². The Morgan fingerprint density at radius 3 is 2.11 bits per heavy atom. The van der Waals surface area contributed by atoms with E-state index < -0.39 is 6.10 Å². The second-order valence-electron chi connectivity index (χ2n) is 6.38. The van der Waals surface area contributed by atoms with Gasteiger partial charge in [-0.25, -0.2) is 0 Å². The number of aliphatic hydroxyl groups excluding tert-OH is 2. The monoisotopic (exact) mass is 260 g/mol. The van der Waals surface area contributed by atoms with E-state index in [1.54, 1.807) is 0 Å². The molecule has 0 aliphatic carbocycles. The summed E-state index contributed by atoms with van der Waals surface area (Å²) in [4.78, 5) is 0. The van der Waals surface area contributed by atoms with Gasteiger partial charge in [-0.3, -0.25) is 0 Å². The molecule has 0 aromatic heterocycles. The van der Waals surface area contributed by atoms with Crippen molar-refractivity contribution in [3.63, 3.8) is 0 Å². The van der Waals surface area contributed by atoms with Crippen LogP contribution in [0.3, 0.4) is 0 Å². The smallest absolute Gasteiger partial charge is 0.0822 e. The predicted molar refractivity (Wildman–Crippen MR) is 75.6 cm³/mol. The maximum atomic E-state index is 9.88. The lowest BCUT2D eigenvalue weighted by Crippen LogP contribution is -2.42. The van der Waals surface area contributed by atoms with E-state index in [4.69, 9.17) is 9.84 Å². The molecule has 3 nitrogen and oxygen atoms in total. The van der Waals surface area contributed by atoms with E-state index in [0.717, 1.165) is 25.7 Å². The minimum Gasteiger partial charge on any atom is -0.394 e. The lowest BCUT2D eigenvalue weighted by Gasteiger charge is -2.40. The first-order valence-corrected chi connectivity index (χ1v) is 7.17. The number of aliphatic hydroxyl groups is 2. The van der Waals surface area contributed by atoms with Crippen molar-refractivity contribution in [2.24, 2.45) is 5.41 Å². The molecule has 0 radical (unpaired) electrons. The third-order valence-corrected chi connectivity index (χ3v) is 3.83. The van der Waals surface area contributed by atoms with E-state index in [1.807, 2.05) is 13.8 Å². The molecular formula is C15H32O3. The standard InChI is InChI=1S/C15H32O3/c1-7-9-12(3)18-15(6,8-2)11-14(4,5)13(17)10-16/h12-13,16-17H,7-11H2,1-6H3. The summed E-state index contributed by atoms with van der Waals surface area (Å²) in [6, 6.07) is 0. The number of hydrogen-bond acceptors (Lipinski definition) is 3. The minimum atomic E-state index is -0.701. The van der Waals surface area contributed by atoms with Gasteiger partial charge >= 0.3 is 0 Å². The summed E-state index contributed by atoms with van der Waals surface area (Å²) in [6.07, 6.45) is 3.35. The quantitative estimate of drug-likeness (QED) is 0.669. The molecule has 2 N–H and O–H groups in total. The Kier molecular flexibility index (Phi) is 7.41. The highest BCUT2D eigenvalue weighted by molar-refractivity contribution is 4.87. The Labute approximate surface area is 113 Å². The third-order valence-electron chi connectivity index (χ3n) is 3.83. The molecule has 0 aromatic carbocycles. The average Bonchev–Trinajstić information content (AvgIpc) is 2.27. The Hall–Kier alpha value is -0.120. The summed E-state index contributed by atoms with van der Waals surface area (Å²) in [7, 11) is 0. The SMILES string of the molecule is CCCC(C)OC(C)(CC)CC(C)(C)C(O)CO. The van der Waals surface area contributed by atoms with Gasteiger partial charge in [0.15, 0.2) is 0 Å². The molecule has 18 heavy (non-hydrogen) atoms. The van der Waals surface area contributed by atoms with Crippen LogP contribution >= 0.6 is 0 Å². The Morgan fingerprint density at radius 1 is 1.17 bits per heavy atom. The van der Waals surface area contributed by atoms with Crippen molar-refractivity contribution in [1.29, 1.82) is 0 Å². The van der Waals surface area contributed by atoms with Gasteiger partial charge in [-0.15, -0.1) is 0 Å². The summed E-state index contributed by atoms with van der Waals surface area (Å²) < 4.78 is 6.17. The molecule has 0 heterocycles. The highest BCUT2D eigenvalue weighted by Crippen LogP contribution is 2.36. The van der Waals surface area contributed by atoms with Gasteiger partial charge in [-0.2, -0.15) is 0 Å². The maximum absolute atomic E-state index is 9.88. The number of ether oxygens (including phenoxy) is 1. The molecule has 3 unspecified atom stereocenters. The van der Waals surface area contributed by atoms with Gasteiger partial charge in [0.1, 0.15) is 0 Å². The van der Waals surface area contributed by atoms with Crippen molar-refractivity contribution >= 4 is 0 Å². The molecule has 0 rings (SSSR count). The minimum absolute atomic E-state index is 0.197. The lowest BCUT2D eigenvalue weighted by molar-refractivity contribution is -0.121.